The molecule has 1 saturated carbocycles. The fraction of sp³-hybridized carbons (Fsp3) is 0.500. The van der Waals surface area contributed by atoms with Gasteiger partial charge in [0.2, 0.25) is 0 Å². The molecule has 2 rings (SSSR count). The molecule has 1 fully saturated rings. The molecule has 1 aliphatic carbocycles. The molecule has 4 nitrogen and oxygen atoms in total. The molecule has 0 aliphatic heterocycles. The second kappa shape index (κ2) is 7.57. The first-order valence-electron chi connectivity index (χ1n) is 6.45. The Balaban J connectivity index is 0.00000180. The molecule has 5 heteroatoms. The highest BCUT2D eigenvalue weighted by Gasteiger charge is 2.21. The average molecular weight is 375 g/mol. The lowest BCUT2D eigenvalue weighted by Crippen LogP contribution is -2.33. The van der Waals surface area contributed by atoms with Gasteiger partial charge in [-0.3, -0.25) is 0 Å². The van der Waals surface area contributed by atoms with Crippen molar-refractivity contribution in [2.75, 3.05) is 0 Å². The first kappa shape index (κ1) is 16.1. The van der Waals surface area contributed by atoms with E-state index in [-0.39, 0.29) is 30.1 Å². The largest absolute Gasteiger partial charge is 0.491 e. The van der Waals surface area contributed by atoms with E-state index < -0.39 is 0 Å². The third-order valence-electron chi connectivity index (χ3n) is 2.66. The SMILES string of the molecule is CC(C)Oc1ccc(CN=C(N)NC2CC2)cc1.I. The van der Waals surface area contributed by atoms with Gasteiger partial charge in [0.1, 0.15) is 5.75 Å². The van der Waals surface area contributed by atoms with Gasteiger partial charge in [0.25, 0.3) is 0 Å². The summed E-state index contributed by atoms with van der Waals surface area (Å²) < 4.78 is 5.58. The second-order valence-electron chi connectivity index (χ2n) is 4.93. The van der Waals surface area contributed by atoms with Crippen LogP contribution in [0.5, 0.6) is 5.75 Å². The summed E-state index contributed by atoms with van der Waals surface area (Å²) in [6, 6.07) is 8.53. The van der Waals surface area contributed by atoms with Gasteiger partial charge in [-0.25, -0.2) is 4.99 Å². The van der Waals surface area contributed by atoms with E-state index in [2.05, 4.69) is 10.3 Å². The van der Waals surface area contributed by atoms with E-state index in [4.69, 9.17) is 10.5 Å². The zero-order valence-corrected chi connectivity index (χ0v) is 13.8. The van der Waals surface area contributed by atoms with Gasteiger partial charge in [-0.15, -0.1) is 24.0 Å². The Labute approximate surface area is 131 Å². The molecule has 1 aromatic rings. The van der Waals surface area contributed by atoms with E-state index in [9.17, 15) is 0 Å². The average Bonchev–Trinajstić information content (AvgIpc) is 3.11. The minimum absolute atomic E-state index is 0. The molecule has 3 N–H and O–H groups in total. The van der Waals surface area contributed by atoms with Crippen LogP contribution in [0, 0.1) is 0 Å². The summed E-state index contributed by atoms with van der Waals surface area (Å²) >= 11 is 0. The standard InChI is InChI=1S/C14H21N3O.HI/c1-10(2)18-13-7-3-11(4-8-13)9-16-14(15)17-12-5-6-12;/h3-4,7-8,10,12H,5-6,9H2,1-2H3,(H3,15,16,17);1H. The number of guanidine groups is 1. The molecule has 0 bridgehead atoms. The summed E-state index contributed by atoms with van der Waals surface area (Å²) in [5.41, 5.74) is 6.90. The lowest BCUT2D eigenvalue weighted by atomic mass is 10.2. The van der Waals surface area contributed by atoms with Gasteiger partial charge in [-0.2, -0.15) is 0 Å². The molecule has 0 amide bonds. The van der Waals surface area contributed by atoms with Crippen LogP contribution < -0.4 is 15.8 Å². The third-order valence-corrected chi connectivity index (χ3v) is 2.66. The Kier molecular flexibility index (Phi) is 6.41. The summed E-state index contributed by atoms with van der Waals surface area (Å²) in [6.07, 6.45) is 2.61. The normalized spacial score (nSPS) is 15.0. The molecule has 0 unspecified atom stereocenters. The van der Waals surface area contributed by atoms with Crippen LogP contribution in [0.15, 0.2) is 29.3 Å². The van der Waals surface area contributed by atoms with Crippen LogP contribution >= 0.6 is 24.0 Å². The Morgan fingerprint density at radius 3 is 2.53 bits per heavy atom. The molecule has 106 valence electrons. The predicted molar refractivity (Wildman–Crippen MR) is 89.1 cm³/mol. The first-order valence-corrected chi connectivity index (χ1v) is 6.45. The monoisotopic (exact) mass is 375 g/mol. The van der Waals surface area contributed by atoms with E-state index in [1.807, 2.05) is 38.1 Å². The van der Waals surface area contributed by atoms with Crippen molar-refractivity contribution in [3.05, 3.63) is 29.8 Å². The molecular weight excluding hydrogens is 353 g/mol. The molecule has 0 aromatic heterocycles. The smallest absolute Gasteiger partial charge is 0.189 e. The molecular formula is C14H22IN3O. The Bertz CT molecular complexity index is 413. The molecule has 1 aliphatic rings. The summed E-state index contributed by atoms with van der Waals surface area (Å²) in [5, 5.41) is 3.16. The molecule has 0 heterocycles. The van der Waals surface area contributed by atoms with Crippen molar-refractivity contribution in [3.63, 3.8) is 0 Å². The van der Waals surface area contributed by atoms with Crippen molar-refractivity contribution in [1.29, 1.82) is 0 Å². The minimum Gasteiger partial charge on any atom is -0.491 e. The zero-order valence-electron chi connectivity index (χ0n) is 11.4. The van der Waals surface area contributed by atoms with Crippen molar-refractivity contribution in [3.8, 4) is 5.75 Å². The highest BCUT2D eigenvalue weighted by molar-refractivity contribution is 14.0. The van der Waals surface area contributed by atoms with Crippen LogP contribution in [0.2, 0.25) is 0 Å². The zero-order chi connectivity index (χ0) is 13.0. The predicted octanol–water partition coefficient (Wildman–Crippen LogP) is 2.66. The van der Waals surface area contributed by atoms with E-state index >= 15 is 0 Å². The number of aliphatic imine (C=N–C) groups is 1. The first-order chi connectivity index (χ1) is 8.63. The van der Waals surface area contributed by atoms with Gasteiger partial charge < -0.3 is 15.8 Å². The fourth-order valence-corrected chi connectivity index (χ4v) is 1.60. The van der Waals surface area contributed by atoms with Crippen molar-refractivity contribution < 1.29 is 4.74 Å². The van der Waals surface area contributed by atoms with Crippen molar-refractivity contribution in [2.45, 2.75) is 45.4 Å². The summed E-state index contributed by atoms with van der Waals surface area (Å²) in [6.45, 7) is 4.64. The topological polar surface area (TPSA) is 59.6 Å². The number of nitrogens with zero attached hydrogens (tertiary/aromatic N) is 1. The van der Waals surface area contributed by atoms with Crippen molar-refractivity contribution in [1.82, 2.24) is 5.32 Å². The quantitative estimate of drug-likeness (QED) is 0.473. The summed E-state index contributed by atoms with van der Waals surface area (Å²) in [7, 11) is 0. The number of benzene rings is 1. The van der Waals surface area contributed by atoms with E-state index in [0.29, 0.717) is 18.5 Å². The van der Waals surface area contributed by atoms with Gasteiger partial charge in [0.15, 0.2) is 5.96 Å². The number of halogens is 1. The van der Waals surface area contributed by atoms with Crippen LogP contribution in [-0.4, -0.2) is 18.1 Å². The number of ether oxygens (including phenoxy) is 1. The lowest BCUT2D eigenvalue weighted by Gasteiger charge is -2.09. The van der Waals surface area contributed by atoms with Gasteiger partial charge in [-0.05, 0) is 44.4 Å². The Morgan fingerprint density at radius 2 is 2.00 bits per heavy atom. The Hall–Kier alpha value is -0.980. The van der Waals surface area contributed by atoms with Crippen LogP contribution in [0.1, 0.15) is 32.3 Å². The van der Waals surface area contributed by atoms with Gasteiger partial charge in [0.05, 0.1) is 12.6 Å². The highest BCUT2D eigenvalue weighted by Crippen LogP contribution is 2.18. The maximum atomic E-state index is 5.77. The van der Waals surface area contributed by atoms with Gasteiger partial charge in [-0.1, -0.05) is 12.1 Å². The molecule has 0 radical (unpaired) electrons. The number of nitrogens with one attached hydrogen (secondary N) is 1. The van der Waals surface area contributed by atoms with Crippen LogP contribution in [-0.2, 0) is 6.54 Å². The minimum atomic E-state index is 0. The maximum absolute atomic E-state index is 5.77. The number of nitrogens with two attached hydrogens (primary N) is 1. The molecule has 0 atom stereocenters. The lowest BCUT2D eigenvalue weighted by molar-refractivity contribution is 0.242. The van der Waals surface area contributed by atoms with Gasteiger partial charge in [0, 0.05) is 6.04 Å². The van der Waals surface area contributed by atoms with Crippen LogP contribution in [0.4, 0.5) is 0 Å². The van der Waals surface area contributed by atoms with Gasteiger partial charge >= 0.3 is 0 Å². The van der Waals surface area contributed by atoms with E-state index in [0.717, 1.165) is 11.3 Å². The maximum Gasteiger partial charge on any atom is 0.189 e. The molecule has 19 heavy (non-hydrogen) atoms. The number of hydrogen-bond acceptors (Lipinski definition) is 2. The molecule has 0 saturated heterocycles. The second-order valence-corrected chi connectivity index (χ2v) is 4.93. The fourth-order valence-electron chi connectivity index (χ4n) is 1.60. The highest BCUT2D eigenvalue weighted by atomic mass is 127. The van der Waals surface area contributed by atoms with Crippen LogP contribution in [0.3, 0.4) is 0 Å². The number of hydrogen-bond donors (Lipinski definition) is 2. The summed E-state index contributed by atoms with van der Waals surface area (Å²) in [5.74, 6) is 1.43. The summed E-state index contributed by atoms with van der Waals surface area (Å²) in [4.78, 5) is 4.31. The Morgan fingerprint density at radius 1 is 1.37 bits per heavy atom. The van der Waals surface area contributed by atoms with Crippen LogP contribution in [0.25, 0.3) is 0 Å². The number of rotatable bonds is 5. The van der Waals surface area contributed by atoms with Crippen molar-refractivity contribution in [2.24, 2.45) is 10.7 Å². The van der Waals surface area contributed by atoms with E-state index in [1.165, 1.54) is 12.8 Å². The van der Waals surface area contributed by atoms with Crippen molar-refractivity contribution >= 4 is 29.9 Å². The third kappa shape index (κ3) is 6.13. The molecule has 1 aromatic carbocycles. The van der Waals surface area contributed by atoms with E-state index in [1.54, 1.807) is 0 Å². The molecule has 0 spiro atoms.